The van der Waals surface area contributed by atoms with Crippen LogP contribution in [-0.4, -0.2) is 67.2 Å². The molecule has 3 aliphatic heterocycles. The van der Waals surface area contributed by atoms with E-state index in [-0.39, 0.29) is 11.8 Å². The summed E-state index contributed by atoms with van der Waals surface area (Å²) >= 11 is 0. The Labute approximate surface area is 190 Å². The lowest BCUT2D eigenvalue weighted by molar-refractivity contribution is -0.110. The van der Waals surface area contributed by atoms with Crippen molar-refractivity contribution in [3.63, 3.8) is 0 Å². The average molecular weight is 430 g/mol. The monoisotopic (exact) mass is 430 g/mol. The molecule has 3 aliphatic rings. The number of likely N-dealkylation sites (tertiary alicyclic amines) is 1. The summed E-state index contributed by atoms with van der Waals surface area (Å²) in [6, 6.07) is 5.99. The number of carbonyl (C=O) groups is 2. The zero-order chi connectivity index (χ0) is 22.2. The fourth-order valence-electron chi connectivity index (χ4n) is 5.26. The molecule has 2 aromatic rings. The minimum absolute atomic E-state index is 0.0933. The summed E-state index contributed by atoms with van der Waals surface area (Å²) in [7, 11) is 2.03. The lowest BCUT2D eigenvalue weighted by Gasteiger charge is -2.29. The molecular weight excluding hydrogens is 399 g/mol. The van der Waals surface area contributed by atoms with E-state index >= 15 is 0 Å². The molecule has 1 aromatic heterocycles. The van der Waals surface area contributed by atoms with Crippen LogP contribution in [0.4, 0.5) is 5.69 Å². The molecule has 1 aromatic carbocycles. The van der Waals surface area contributed by atoms with Crippen LogP contribution in [0.15, 0.2) is 18.2 Å². The largest absolute Gasteiger partial charge is 0.358 e. The predicted octanol–water partition coefficient (Wildman–Crippen LogP) is 1.95. The second-order valence-corrected chi connectivity index (χ2v) is 9.38. The third-order valence-corrected chi connectivity index (χ3v) is 7.10. The van der Waals surface area contributed by atoms with Crippen LogP contribution in [0.1, 0.15) is 58.6 Å². The van der Waals surface area contributed by atoms with Crippen LogP contribution < -0.4 is 10.8 Å². The minimum atomic E-state index is -0.0933. The maximum Gasteiger partial charge on any atom is 0.256 e. The number of carbonyl (C=O) groups excluding carboxylic acids is 2. The van der Waals surface area contributed by atoms with E-state index in [2.05, 4.69) is 15.2 Å². The number of anilines is 1. The van der Waals surface area contributed by atoms with Crippen molar-refractivity contribution in [3.05, 3.63) is 46.3 Å². The van der Waals surface area contributed by atoms with E-state index in [4.69, 9.17) is 0 Å². The molecule has 0 bridgehead atoms. The second kappa shape index (κ2) is 8.62. The van der Waals surface area contributed by atoms with Crippen LogP contribution in [0.3, 0.4) is 0 Å². The molecule has 0 spiro atoms. The predicted molar refractivity (Wildman–Crippen MR) is 131 cm³/mol. The number of benzene rings is 1. The Morgan fingerprint density at radius 1 is 1.06 bits per heavy atom. The van der Waals surface area contributed by atoms with Gasteiger partial charge in [0.15, 0.2) is 0 Å². The van der Waals surface area contributed by atoms with E-state index in [1.807, 2.05) is 43.9 Å². The highest BCUT2D eigenvalue weighted by Gasteiger charge is 2.29. The quantitative estimate of drug-likeness (QED) is 0.576. The van der Waals surface area contributed by atoms with Crippen LogP contribution in [0.5, 0.6) is 0 Å². The summed E-state index contributed by atoms with van der Waals surface area (Å²) < 4.78 is 0. The Hall–Kier alpha value is -2.80. The van der Waals surface area contributed by atoms with Gasteiger partial charge < -0.3 is 20.1 Å². The number of piperidine rings is 1. The van der Waals surface area contributed by atoms with Crippen molar-refractivity contribution in [1.29, 1.82) is 0 Å². The van der Waals surface area contributed by atoms with Gasteiger partial charge >= 0.3 is 0 Å². The van der Waals surface area contributed by atoms with Crippen molar-refractivity contribution in [2.24, 2.45) is 0 Å². The van der Waals surface area contributed by atoms with Gasteiger partial charge in [-0.05, 0) is 63.4 Å². The van der Waals surface area contributed by atoms with E-state index in [1.165, 1.54) is 19.3 Å². The van der Waals surface area contributed by atoms with Crippen molar-refractivity contribution < 1.29 is 9.59 Å². The average Bonchev–Trinajstić information content (AvgIpc) is 3.20. The number of H-pyrrole nitrogens is 1. The van der Waals surface area contributed by atoms with Gasteiger partial charge in [0.25, 0.3) is 11.8 Å². The Bertz CT molecular complexity index is 1100. The molecule has 0 radical (unpaired) electrons. The van der Waals surface area contributed by atoms with E-state index in [1.54, 1.807) is 0 Å². The molecule has 0 saturated carbocycles. The molecule has 1 saturated heterocycles. The molecule has 32 heavy (non-hydrogen) atoms. The highest BCUT2D eigenvalue weighted by atomic mass is 16.2. The highest BCUT2D eigenvalue weighted by Crippen LogP contribution is 2.34. The minimum Gasteiger partial charge on any atom is -0.358 e. The molecule has 1 fully saturated rings. The fourth-order valence-corrected chi connectivity index (χ4v) is 5.26. The molecule has 166 valence electrons. The van der Waals surface area contributed by atoms with Crippen molar-refractivity contribution in [3.8, 4) is 0 Å². The number of fused-ring (bicyclic) bond motifs is 2. The molecule has 2 amide bonds. The first kappa shape index (κ1) is 21.1. The van der Waals surface area contributed by atoms with Crippen molar-refractivity contribution in [2.45, 2.75) is 39.0 Å². The molecule has 0 aliphatic carbocycles. The van der Waals surface area contributed by atoms with Crippen LogP contribution in [-0.2, 0) is 11.2 Å². The fraction of sp³-hybridized carbons (Fsp3) is 0.440. The van der Waals surface area contributed by atoms with Gasteiger partial charge in [-0.15, -0.1) is 0 Å². The van der Waals surface area contributed by atoms with E-state index < -0.39 is 0 Å². The number of amides is 2. The first-order valence-corrected chi connectivity index (χ1v) is 11.9. The third-order valence-electron chi connectivity index (χ3n) is 7.10. The zero-order valence-corrected chi connectivity index (χ0v) is 19.1. The van der Waals surface area contributed by atoms with Gasteiger partial charge in [-0.2, -0.15) is 0 Å². The molecule has 7 heteroatoms. The Kier molecular flexibility index (Phi) is 5.68. The highest BCUT2D eigenvalue weighted by molar-refractivity contribution is 6.37. The standard InChI is InChI=1S/C25H31BN4O2/c1-16-22(15-19-18-14-17(26)7-8-20(18)28-24(19)31)27-21-6-5-11-30(25(32)23(16)21)13-12-29-9-3-2-4-10-29/h7-8,14-15,27H,2-6,9-13,26H2,1H3,(H,28,31)/b19-15-. The molecular formula is C25H31BN4O2. The number of aryl methyl sites for hydroxylation is 1. The van der Waals surface area contributed by atoms with Gasteiger partial charge in [0.05, 0.1) is 11.1 Å². The smallest absolute Gasteiger partial charge is 0.256 e. The molecule has 0 atom stereocenters. The molecule has 2 N–H and O–H groups in total. The van der Waals surface area contributed by atoms with E-state index in [0.29, 0.717) is 5.57 Å². The van der Waals surface area contributed by atoms with E-state index in [9.17, 15) is 9.59 Å². The summed E-state index contributed by atoms with van der Waals surface area (Å²) in [6.45, 7) is 6.85. The third kappa shape index (κ3) is 3.90. The molecule has 5 rings (SSSR count). The van der Waals surface area contributed by atoms with Crippen LogP contribution in [0.25, 0.3) is 11.6 Å². The lowest BCUT2D eigenvalue weighted by atomic mass is 9.92. The van der Waals surface area contributed by atoms with Gasteiger partial charge in [0, 0.05) is 42.3 Å². The van der Waals surface area contributed by atoms with Crippen LogP contribution >= 0.6 is 0 Å². The summed E-state index contributed by atoms with van der Waals surface area (Å²) in [5.41, 5.74) is 7.14. The van der Waals surface area contributed by atoms with Crippen LogP contribution in [0.2, 0.25) is 0 Å². The Morgan fingerprint density at radius 3 is 2.69 bits per heavy atom. The van der Waals surface area contributed by atoms with Gasteiger partial charge in [-0.25, -0.2) is 0 Å². The number of hydrogen-bond donors (Lipinski definition) is 2. The lowest BCUT2D eigenvalue weighted by Crippen LogP contribution is -2.40. The van der Waals surface area contributed by atoms with Crippen LogP contribution in [0, 0.1) is 6.92 Å². The Balaban J connectivity index is 1.41. The summed E-state index contributed by atoms with van der Waals surface area (Å²) in [5.74, 6) is 0.0318. The molecule has 6 nitrogen and oxygen atoms in total. The first-order chi connectivity index (χ1) is 15.5. The van der Waals surface area contributed by atoms with Crippen molar-refractivity contribution in [1.82, 2.24) is 14.8 Å². The topological polar surface area (TPSA) is 68.4 Å². The second-order valence-electron chi connectivity index (χ2n) is 9.38. The van der Waals surface area contributed by atoms with Gasteiger partial charge in [0.1, 0.15) is 7.85 Å². The number of nitrogens with one attached hydrogen (secondary N) is 2. The number of hydrogen-bond acceptors (Lipinski definition) is 3. The Morgan fingerprint density at radius 2 is 1.88 bits per heavy atom. The van der Waals surface area contributed by atoms with Crippen molar-refractivity contribution in [2.75, 3.05) is 38.0 Å². The van der Waals surface area contributed by atoms with Gasteiger partial charge in [-0.3, -0.25) is 9.59 Å². The number of nitrogens with zero attached hydrogens (tertiary/aromatic N) is 2. The molecule has 0 unspecified atom stereocenters. The van der Waals surface area contributed by atoms with Crippen molar-refractivity contribution >= 4 is 42.5 Å². The van der Waals surface area contributed by atoms with E-state index in [0.717, 1.165) is 84.8 Å². The zero-order valence-electron chi connectivity index (χ0n) is 19.1. The maximum atomic E-state index is 13.5. The SMILES string of the molecule is Bc1ccc2c(c1)/C(=C/c1[nH]c3c(c1C)C(=O)N(CCN1CCCCC1)CCC3)C(=O)N2. The van der Waals surface area contributed by atoms with Gasteiger partial charge in [0.2, 0.25) is 0 Å². The maximum absolute atomic E-state index is 13.5. The molecule has 4 heterocycles. The number of aromatic nitrogens is 1. The summed E-state index contributed by atoms with van der Waals surface area (Å²) in [4.78, 5) is 34.1. The summed E-state index contributed by atoms with van der Waals surface area (Å²) in [6.07, 6.45) is 7.58. The van der Waals surface area contributed by atoms with Gasteiger partial charge in [-0.1, -0.05) is 24.0 Å². The first-order valence-electron chi connectivity index (χ1n) is 11.9. The summed E-state index contributed by atoms with van der Waals surface area (Å²) in [5, 5.41) is 2.95. The number of rotatable bonds is 4. The number of aromatic amines is 1. The normalized spacial score (nSPS) is 20.3.